The van der Waals surface area contributed by atoms with Crippen LogP contribution in [0.25, 0.3) is 0 Å². The van der Waals surface area contributed by atoms with Crippen LogP contribution in [0.15, 0.2) is 0 Å². The zero-order valence-corrected chi connectivity index (χ0v) is 13.6. The Kier molecular flexibility index (Phi) is 6.17. The van der Waals surface area contributed by atoms with Gasteiger partial charge in [-0.25, -0.2) is 0 Å². The van der Waals surface area contributed by atoms with Gasteiger partial charge in [0.15, 0.2) is 0 Å². The highest BCUT2D eigenvalue weighted by molar-refractivity contribution is 4.82. The highest BCUT2D eigenvalue weighted by Gasteiger charge is 2.29. The second-order valence-electron chi connectivity index (χ2n) is 7.67. The zero-order chi connectivity index (χ0) is 13.8. The SMILES string of the molecule is CCC(C)C(C)NCC1CCC(C(C)(C)C)CC1. The van der Waals surface area contributed by atoms with E-state index in [0.717, 1.165) is 17.8 Å². The van der Waals surface area contributed by atoms with Gasteiger partial charge in [0, 0.05) is 6.04 Å². The van der Waals surface area contributed by atoms with Crippen molar-refractivity contribution in [3.05, 3.63) is 0 Å². The van der Waals surface area contributed by atoms with E-state index in [1.54, 1.807) is 0 Å². The third kappa shape index (κ3) is 4.91. The van der Waals surface area contributed by atoms with Crippen LogP contribution in [0.1, 0.15) is 73.6 Å². The second-order valence-corrected chi connectivity index (χ2v) is 7.67. The molecule has 1 N–H and O–H groups in total. The van der Waals surface area contributed by atoms with Gasteiger partial charge in [-0.15, -0.1) is 0 Å². The maximum Gasteiger partial charge on any atom is 0.00643 e. The fraction of sp³-hybridized carbons (Fsp3) is 1.00. The molecule has 0 aromatic rings. The molecule has 1 aliphatic carbocycles. The summed E-state index contributed by atoms with van der Waals surface area (Å²) in [6.45, 7) is 15.4. The number of hydrogen-bond donors (Lipinski definition) is 1. The van der Waals surface area contributed by atoms with E-state index in [-0.39, 0.29) is 0 Å². The third-order valence-corrected chi connectivity index (χ3v) is 5.30. The predicted octanol–water partition coefficient (Wildman–Crippen LogP) is 4.86. The minimum absolute atomic E-state index is 0.516. The lowest BCUT2D eigenvalue weighted by Crippen LogP contribution is -2.37. The van der Waals surface area contributed by atoms with Crippen molar-refractivity contribution < 1.29 is 0 Å². The first kappa shape index (κ1) is 16.0. The highest BCUT2D eigenvalue weighted by atomic mass is 14.9. The maximum absolute atomic E-state index is 3.76. The average Bonchev–Trinajstić information content (AvgIpc) is 2.34. The highest BCUT2D eigenvalue weighted by Crippen LogP contribution is 2.39. The van der Waals surface area contributed by atoms with Gasteiger partial charge in [-0.05, 0) is 62.3 Å². The lowest BCUT2D eigenvalue weighted by atomic mass is 9.70. The number of hydrogen-bond acceptors (Lipinski definition) is 1. The van der Waals surface area contributed by atoms with E-state index >= 15 is 0 Å². The van der Waals surface area contributed by atoms with Crippen LogP contribution in [0, 0.1) is 23.2 Å². The summed E-state index contributed by atoms with van der Waals surface area (Å²) < 4.78 is 0. The predicted molar refractivity (Wildman–Crippen MR) is 81.8 cm³/mol. The van der Waals surface area contributed by atoms with Gasteiger partial charge in [0.1, 0.15) is 0 Å². The van der Waals surface area contributed by atoms with E-state index in [9.17, 15) is 0 Å². The van der Waals surface area contributed by atoms with E-state index in [2.05, 4.69) is 46.9 Å². The fourth-order valence-electron chi connectivity index (χ4n) is 3.14. The molecule has 1 rings (SSSR count). The Bertz CT molecular complexity index is 220. The molecule has 0 heterocycles. The van der Waals surface area contributed by atoms with Gasteiger partial charge >= 0.3 is 0 Å². The molecule has 2 unspecified atom stereocenters. The molecule has 1 fully saturated rings. The van der Waals surface area contributed by atoms with E-state index < -0.39 is 0 Å². The molecular weight excluding hydrogens is 218 g/mol. The first-order valence-electron chi connectivity index (χ1n) is 8.08. The van der Waals surface area contributed by atoms with Crippen LogP contribution in [-0.4, -0.2) is 12.6 Å². The third-order valence-electron chi connectivity index (χ3n) is 5.30. The first-order valence-corrected chi connectivity index (χ1v) is 8.08. The van der Waals surface area contributed by atoms with Gasteiger partial charge in [-0.2, -0.15) is 0 Å². The molecule has 0 bridgehead atoms. The van der Waals surface area contributed by atoms with Gasteiger partial charge in [0.25, 0.3) is 0 Å². The molecule has 108 valence electrons. The van der Waals surface area contributed by atoms with Crippen molar-refractivity contribution in [1.29, 1.82) is 0 Å². The van der Waals surface area contributed by atoms with E-state index in [0.29, 0.717) is 11.5 Å². The van der Waals surface area contributed by atoms with Crippen molar-refractivity contribution in [3.8, 4) is 0 Å². The molecule has 0 aliphatic heterocycles. The van der Waals surface area contributed by atoms with Crippen molar-refractivity contribution in [2.24, 2.45) is 23.2 Å². The molecule has 1 saturated carbocycles. The Morgan fingerprint density at radius 3 is 2.06 bits per heavy atom. The van der Waals surface area contributed by atoms with Crippen LogP contribution in [0.2, 0.25) is 0 Å². The Hall–Kier alpha value is -0.0400. The molecule has 0 aromatic heterocycles. The molecule has 0 saturated heterocycles. The van der Waals surface area contributed by atoms with Crippen LogP contribution in [0.3, 0.4) is 0 Å². The van der Waals surface area contributed by atoms with Crippen LogP contribution in [0.5, 0.6) is 0 Å². The lowest BCUT2D eigenvalue weighted by Gasteiger charge is -2.37. The Labute approximate surface area is 115 Å². The van der Waals surface area contributed by atoms with Gasteiger partial charge < -0.3 is 5.32 Å². The summed E-state index contributed by atoms with van der Waals surface area (Å²) >= 11 is 0. The van der Waals surface area contributed by atoms with E-state index in [1.807, 2.05) is 0 Å². The molecule has 0 amide bonds. The van der Waals surface area contributed by atoms with E-state index in [4.69, 9.17) is 0 Å². The van der Waals surface area contributed by atoms with Gasteiger partial charge in [0.2, 0.25) is 0 Å². The van der Waals surface area contributed by atoms with Crippen LogP contribution < -0.4 is 5.32 Å². The van der Waals surface area contributed by atoms with Gasteiger partial charge in [0.05, 0.1) is 0 Å². The van der Waals surface area contributed by atoms with E-state index in [1.165, 1.54) is 38.6 Å². The molecule has 18 heavy (non-hydrogen) atoms. The minimum atomic E-state index is 0.516. The summed E-state index contributed by atoms with van der Waals surface area (Å²) in [4.78, 5) is 0. The molecule has 1 heteroatoms. The number of rotatable bonds is 5. The van der Waals surface area contributed by atoms with Crippen molar-refractivity contribution in [2.45, 2.75) is 79.7 Å². The second kappa shape index (κ2) is 6.93. The Balaban J connectivity index is 2.24. The zero-order valence-electron chi connectivity index (χ0n) is 13.6. The summed E-state index contributed by atoms with van der Waals surface area (Å²) in [7, 11) is 0. The summed E-state index contributed by atoms with van der Waals surface area (Å²) in [6.07, 6.45) is 7.02. The van der Waals surface area contributed by atoms with Crippen LogP contribution >= 0.6 is 0 Å². The molecular formula is C17H35N. The minimum Gasteiger partial charge on any atom is -0.314 e. The molecule has 0 radical (unpaired) electrons. The lowest BCUT2D eigenvalue weighted by molar-refractivity contribution is 0.146. The van der Waals surface area contributed by atoms with Crippen molar-refractivity contribution in [3.63, 3.8) is 0 Å². The molecule has 0 spiro atoms. The number of nitrogens with one attached hydrogen (secondary N) is 1. The molecule has 1 nitrogen and oxygen atoms in total. The van der Waals surface area contributed by atoms with Crippen LogP contribution in [-0.2, 0) is 0 Å². The average molecular weight is 253 g/mol. The van der Waals surface area contributed by atoms with Crippen LogP contribution in [0.4, 0.5) is 0 Å². The van der Waals surface area contributed by atoms with Gasteiger partial charge in [-0.3, -0.25) is 0 Å². The first-order chi connectivity index (χ1) is 8.34. The van der Waals surface area contributed by atoms with Crippen molar-refractivity contribution in [1.82, 2.24) is 5.32 Å². The smallest absolute Gasteiger partial charge is 0.00643 e. The largest absolute Gasteiger partial charge is 0.314 e. The summed E-state index contributed by atoms with van der Waals surface area (Å²) in [6, 6.07) is 0.676. The normalized spacial score (nSPS) is 29.0. The Morgan fingerprint density at radius 1 is 1.06 bits per heavy atom. The monoisotopic (exact) mass is 253 g/mol. The van der Waals surface area contributed by atoms with Gasteiger partial charge in [-0.1, -0.05) is 41.0 Å². The fourth-order valence-corrected chi connectivity index (χ4v) is 3.14. The van der Waals surface area contributed by atoms with Crippen molar-refractivity contribution >= 4 is 0 Å². The summed E-state index contributed by atoms with van der Waals surface area (Å²) in [5, 5.41) is 3.76. The summed E-state index contributed by atoms with van der Waals surface area (Å²) in [5.74, 6) is 2.67. The summed E-state index contributed by atoms with van der Waals surface area (Å²) in [5.41, 5.74) is 0.516. The van der Waals surface area contributed by atoms with Crippen molar-refractivity contribution in [2.75, 3.05) is 6.54 Å². The molecule has 2 atom stereocenters. The molecule has 0 aromatic carbocycles. The topological polar surface area (TPSA) is 12.0 Å². The molecule has 1 aliphatic rings. The Morgan fingerprint density at radius 2 is 1.61 bits per heavy atom. The quantitative estimate of drug-likeness (QED) is 0.737. The maximum atomic E-state index is 3.76. The standard InChI is InChI=1S/C17H35N/c1-7-13(2)14(3)18-12-15-8-10-16(11-9-15)17(4,5)6/h13-16,18H,7-12H2,1-6H3.